The molecule has 0 saturated carbocycles. The molecule has 1 aromatic heterocycles. The Bertz CT molecular complexity index is 450. The summed E-state index contributed by atoms with van der Waals surface area (Å²) in [5, 5.41) is 7.68. The normalized spacial score (nSPS) is 22.9. The third-order valence-electron chi connectivity index (χ3n) is 3.53. The van der Waals surface area contributed by atoms with Crippen molar-refractivity contribution >= 4 is 6.03 Å². The Balaban J connectivity index is 1.52. The largest absolute Gasteiger partial charge is 0.471 e. The summed E-state index contributed by atoms with van der Waals surface area (Å²) < 4.78 is 11.0. The van der Waals surface area contributed by atoms with E-state index < -0.39 is 0 Å². The second-order valence-corrected chi connectivity index (χ2v) is 4.92. The van der Waals surface area contributed by atoms with E-state index in [1.807, 2.05) is 9.80 Å². The van der Waals surface area contributed by atoms with Gasteiger partial charge in [0.2, 0.25) is 5.88 Å². The van der Waals surface area contributed by atoms with Gasteiger partial charge < -0.3 is 19.3 Å². The van der Waals surface area contributed by atoms with Crippen LogP contribution in [0.4, 0.5) is 4.79 Å². The zero-order chi connectivity index (χ0) is 13.8. The lowest BCUT2D eigenvalue weighted by Crippen LogP contribution is -2.47. The molecule has 1 aromatic rings. The summed E-state index contributed by atoms with van der Waals surface area (Å²) in [6.07, 6.45) is 2.43. The van der Waals surface area contributed by atoms with Crippen molar-refractivity contribution in [3.8, 4) is 5.88 Å². The molecule has 0 bridgehead atoms. The molecular formula is C13H18N4O3. The van der Waals surface area contributed by atoms with Crippen LogP contribution in [0.2, 0.25) is 0 Å². The van der Waals surface area contributed by atoms with Crippen molar-refractivity contribution in [1.29, 1.82) is 0 Å². The van der Waals surface area contributed by atoms with Crippen molar-refractivity contribution in [2.75, 3.05) is 39.4 Å². The van der Waals surface area contributed by atoms with E-state index in [1.165, 1.54) is 0 Å². The summed E-state index contributed by atoms with van der Waals surface area (Å²) >= 11 is 0. The molecule has 3 heterocycles. The van der Waals surface area contributed by atoms with Gasteiger partial charge in [-0.25, -0.2) is 4.79 Å². The summed E-state index contributed by atoms with van der Waals surface area (Å²) in [5.41, 5.74) is 0. The van der Waals surface area contributed by atoms with Gasteiger partial charge in [0.1, 0.15) is 6.10 Å². The van der Waals surface area contributed by atoms with Crippen LogP contribution in [0.3, 0.4) is 0 Å². The number of carbonyl (C=O) groups is 1. The van der Waals surface area contributed by atoms with Gasteiger partial charge in [0.25, 0.3) is 0 Å². The predicted molar refractivity (Wildman–Crippen MR) is 70.4 cm³/mol. The van der Waals surface area contributed by atoms with Crippen LogP contribution < -0.4 is 4.74 Å². The van der Waals surface area contributed by atoms with Gasteiger partial charge in [-0.3, -0.25) is 0 Å². The highest BCUT2D eigenvalue weighted by atomic mass is 16.5. The lowest BCUT2D eigenvalue weighted by Gasteiger charge is -2.30. The molecule has 7 nitrogen and oxygen atoms in total. The van der Waals surface area contributed by atoms with Crippen molar-refractivity contribution in [1.82, 2.24) is 20.0 Å². The molecule has 108 valence electrons. The molecule has 2 fully saturated rings. The van der Waals surface area contributed by atoms with Crippen LogP contribution in [0.1, 0.15) is 6.42 Å². The summed E-state index contributed by atoms with van der Waals surface area (Å²) in [4.78, 5) is 16.0. The maximum atomic E-state index is 12.3. The zero-order valence-corrected chi connectivity index (χ0v) is 11.3. The molecule has 2 saturated heterocycles. The predicted octanol–water partition coefficient (Wildman–Crippen LogP) is 0.382. The molecule has 0 radical (unpaired) electrons. The van der Waals surface area contributed by atoms with Crippen molar-refractivity contribution in [2.24, 2.45) is 0 Å². The molecule has 0 unspecified atom stereocenters. The fourth-order valence-corrected chi connectivity index (χ4v) is 2.47. The van der Waals surface area contributed by atoms with E-state index in [0.29, 0.717) is 38.7 Å². The minimum Gasteiger partial charge on any atom is -0.471 e. The monoisotopic (exact) mass is 278 g/mol. The molecule has 0 aromatic carbocycles. The van der Waals surface area contributed by atoms with E-state index in [-0.39, 0.29) is 12.1 Å². The Kier molecular flexibility index (Phi) is 3.96. The first-order valence-electron chi connectivity index (χ1n) is 6.89. The first kappa shape index (κ1) is 13.1. The fourth-order valence-electron chi connectivity index (χ4n) is 2.47. The fraction of sp³-hybridized carbons (Fsp3) is 0.615. The summed E-state index contributed by atoms with van der Waals surface area (Å²) in [6.45, 7) is 3.92. The highest BCUT2D eigenvalue weighted by Gasteiger charge is 2.31. The van der Waals surface area contributed by atoms with Crippen molar-refractivity contribution in [2.45, 2.75) is 12.5 Å². The van der Waals surface area contributed by atoms with Gasteiger partial charge in [-0.15, -0.1) is 5.10 Å². The molecular weight excluding hydrogens is 260 g/mol. The molecule has 0 spiro atoms. The van der Waals surface area contributed by atoms with Gasteiger partial charge in [0, 0.05) is 38.3 Å². The van der Waals surface area contributed by atoms with Gasteiger partial charge in [-0.05, 0) is 6.07 Å². The van der Waals surface area contributed by atoms with Gasteiger partial charge in [0.05, 0.1) is 19.8 Å². The number of carbonyl (C=O) groups excluding carboxylic acids is 1. The summed E-state index contributed by atoms with van der Waals surface area (Å²) in [7, 11) is 0. The maximum Gasteiger partial charge on any atom is 0.320 e. The molecule has 2 amide bonds. The molecule has 20 heavy (non-hydrogen) atoms. The Hall–Kier alpha value is -1.89. The average molecular weight is 278 g/mol. The van der Waals surface area contributed by atoms with Crippen LogP contribution in [0, 0.1) is 0 Å². The van der Waals surface area contributed by atoms with Gasteiger partial charge in [-0.2, -0.15) is 5.10 Å². The minimum absolute atomic E-state index is 0.00306. The Morgan fingerprint density at radius 2 is 2.15 bits per heavy atom. The topological polar surface area (TPSA) is 67.8 Å². The maximum absolute atomic E-state index is 12.3. The van der Waals surface area contributed by atoms with E-state index in [0.717, 1.165) is 13.0 Å². The van der Waals surface area contributed by atoms with Crippen molar-refractivity contribution < 1.29 is 14.3 Å². The quantitative estimate of drug-likeness (QED) is 0.782. The van der Waals surface area contributed by atoms with Crippen LogP contribution in [0.5, 0.6) is 5.88 Å². The zero-order valence-electron chi connectivity index (χ0n) is 11.3. The molecule has 2 aliphatic heterocycles. The second kappa shape index (κ2) is 6.04. The van der Waals surface area contributed by atoms with Gasteiger partial charge >= 0.3 is 6.03 Å². The number of rotatable bonds is 2. The van der Waals surface area contributed by atoms with Crippen molar-refractivity contribution in [3.05, 3.63) is 18.3 Å². The Morgan fingerprint density at radius 1 is 1.30 bits per heavy atom. The molecule has 0 N–H and O–H groups in total. The highest BCUT2D eigenvalue weighted by molar-refractivity contribution is 5.74. The number of ether oxygens (including phenoxy) is 2. The Morgan fingerprint density at radius 3 is 2.90 bits per heavy atom. The molecule has 7 heteroatoms. The summed E-state index contributed by atoms with van der Waals surface area (Å²) in [5.74, 6) is 0.512. The van der Waals surface area contributed by atoms with Crippen LogP contribution in [-0.2, 0) is 4.74 Å². The number of likely N-dealkylation sites (tertiary alicyclic amines) is 1. The lowest BCUT2D eigenvalue weighted by atomic mass is 10.3. The number of morpholine rings is 1. The molecule has 0 aliphatic carbocycles. The van der Waals surface area contributed by atoms with Crippen LogP contribution >= 0.6 is 0 Å². The van der Waals surface area contributed by atoms with E-state index in [2.05, 4.69) is 10.2 Å². The van der Waals surface area contributed by atoms with E-state index in [9.17, 15) is 4.79 Å². The van der Waals surface area contributed by atoms with Crippen LogP contribution in [-0.4, -0.2) is 71.5 Å². The highest BCUT2D eigenvalue weighted by Crippen LogP contribution is 2.17. The smallest absolute Gasteiger partial charge is 0.320 e. The number of hydrogen-bond acceptors (Lipinski definition) is 5. The van der Waals surface area contributed by atoms with E-state index >= 15 is 0 Å². The summed E-state index contributed by atoms with van der Waals surface area (Å²) in [6, 6.07) is 3.64. The van der Waals surface area contributed by atoms with Crippen LogP contribution in [0.15, 0.2) is 18.3 Å². The first-order chi connectivity index (χ1) is 9.83. The SMILES string of the molecule is O=C(N1CCOCC1)N1CC[C@@H](Oc2cccnn2)C1. The number of urea groups is 1. The molecule has 2 aliphatic rings. The van der Waals surface area contributed by atoms with Crippen LogP contribution in [0.25, 0.3) is 0 Å². The molecule has 1 atom stereocenters. The van der Waals surface area contributed by atoms with Gasteiger partial charge in [0.15, 0.2) is 0 Å². The van der Waals surface area contributed by atoms with Gasteiger partial charge in [-0.1, -0.05) is 0 Å². The van der Waals surface area contributed by atoms with E-state index in [1.54, 1.807) is 18.3 Å². The number of nitrogens with zero attached hydrogens (tertiary/aromatic N) is 4. The number of hydrogen-bond donors (Lipinski definition) is 0. The number of aromatic nitrogens is 2. The minimum atomic E-state index is -0.00306. The number of amides is 2. The molecule has 3 rings (SSSR count). The second-order valence-electron chi connectivity index (χ2n) is 4.92. The van der Waals surface area contributed by atoms with E-state index in [4.69, 9.17) is 9.47 Å². The lowest BCUT2D eigenvalue weighted by molar-refractivity contribution is 0.0443. The third-order valence-corrected chi connectivity index (χ3v) is 3.53. The van der Waals surface area contributed by atoms with Crippen molar-refractivity contribution in [3.63, 3.8) is 0 Å². The third kappa shape index (κ3) is 2.98. The average Bonchev–Trinajstić information content (AvgIpc) is 2.97. The Labute approximate surface area is 117 Å². The first-order valence-corrected chi connectivity index (χ1v) is 6.89. The standard InChI is InChI=1S/C13H18N4O3/c18-13(16-6-8-19-9-7-16)17-5-3-11(10-17)20-12-2-1-4-14-15-12/h1-2,4,11H,3,5-10H2/t11-/m1/s1.